The minimum Gasteiger partial charge on any atom is -0.253 e. The molecule has 0 bridgehead atoms. The minimum atomic E-state index is 0.657. The van der Waals surface area contributed by atoms with Crippen LogP contribution in [-0.2, 0) is 0 Å². The van der Waals surface area contributed by atoms with E-state index in [0.29, 0.717) is 4.75 Å². The van der Waals surface area contributed by atoms with Crippen molar-refractivity contribution < 1.29 is 0 Å². The summed E-state index contributed by atoms with van der Waals surface area (Å²) < 4.78 is 3.99. The quantitative estimate of drug-likeness (QED) is 0.432. The standard InChI is InChI=1S/C6H11NS2/c1-2-4-6(3-1)5-7-9-8-6/h7H,1-5H2. The van der Waals surface area contributed by atoms with E-state index in [-0.39, 0.29) is 0 Å². The summed E-state index contributed by atoms with van der Waals surface area (Å²) in [5, 5.41) is 0. The van der Waals surface area contributed by atoms with Crippen molar-refractivity contribution in [2.24, 2.45) is 0 Å². The van der Waals surface area contributed by atoms with Crippen molar-refractivity contribution >= 4 is 21.8 Å². The lowest BCUT2D eigenvalue weighted by Gasteiger charge is -2.17. The van der Waals surface area contributed by atoms with Crippen molar-refractivity contribution in [3.05, 3.63) is 0 Å². The molecular weight excluding hydrogens is 150 g/mol. The average Bonchev–Trinajstić information content (AvgIpc) is 2.45. The minimum absolute atomic E-state index is 0.657. The molecule has 1 spiro atoms. The molecule has 3 heteroatoms. The second-order valence-electron chi connectivity index (χ2n) is 2.88. The number of nitrogens with one attached hydrogen (secondary N) is 1. The van der Waals surface area contributed by atoms with E-state index in [1.165, 1.54) is 32.2 Å². The molecule has 0 aromatic rings. The number of rotatable bonds is 0. The molecule has 0 atom stereocenters. The van der Waals surface area contributed by atoms with E-state index in [1.54, 1.807) is 0 Å². The maximum Gasteiger partial charge on any atom is 0.0409 e. The number of hydrogen-bond donors (Lipinski definition) is 1. The Kier molecular flexibility index (Phi) is 1.67. The molecule has 0 aromatic heterocycles. The van der Waals surface area contributed by atoms with E-state index in [1.807, 2.05) is 11.0 Å². The summed E-state index contributed by atoms with van der Waals surface area (Å²) in [6.07, 6.45) is 5.79. The van der Waals surface area contributed by atoms with Gasteiger partial charge in [-0.25, -0.2) is 0 Å². The first-order chi connectivity index (χ1) is 4.41. The van der Waals surface area contributed by atoms with Gasteiger partial charge in [0.1, 0.15) is 0 Å². The predicted molar refractivity (Wildman–Crippen MR) is 44.4 cm³/mol. The first kappa shape index (κ1) is 6.38. The van der Waals surface area contributed by atoms with Crippen molar-refractivity contribution in [1.82, 2.24) is 4.72 Å². The van der Waals surface area contributed by atoms with Crippen LogP contribution in [-0.4, -0.2) is 11.3 Å². The zero-order valence-electron chi connectivity index (χ0n) is 5.35. The highest BCUT2D eigenvalue weighted by molar-refractivity contribution is 8.76. The third-order valence-corrected chi connectivity index (χ3v) is 5.10. The van der Waals surface area contributed by atoms with Gasteiger partial charge in [-0.3, -0.25) is 4.72 Å². The third kappa shape index (κ3) is 1.10. The molecule has 0 radical (unpaired) electrons. The van der Waals surface area contributed by atoms with E-state index < -0.39 is 0 Å². The van der Waals surface area contributed by atoms with Crippen molar-refractivity contribution in [2.45, 2.75) is 30.4 Å². The fraction of sp³-hybridized carbons (Fsp3) is 1.00. The van der Waals surface area contributed by atoms with Crippen LogP contribution in [0.5, 0.6) is 0 Å². The lowest BCUT2D eigenvalue weighted by atomic mass is 10.1. The van der Waals surface area contributed by atoms with Gasteiger partial charge in [0.25, 0.3) is 0 Å². The summed E-state index contributed by atoms with van der Waals surface area (Å²) >= 11 is 0. The first-order valence-corrected chi connectivity index (χ1v) is 5.64. The Labute approximate surface area is 63.9 Å². The Hall–Kier alpha value is 0.660. The highest BCUT2D eigenvalue weighted by atomic mass is 33.1. The van der Waals surface area contributed by atoms with E-state index >= 15 is 0 Å². The molecule has 1 saturated carbocycles. The van der Waals surface area contributed by atoms with Gasteiger partial charge in [0.05, 0.1) is 0 Å². The van der Waals surface area contributed by atoms with Crippen molar-refractivity contribution in [3.63, 3.8) is 0 Å². The van der Waals surface area contributed by atoms with Crippen LogP contribution in [0.2, 0.25) is 0 Å². The maximum atomic E-state index is 3.33. The van der Waals surface area contributed by atoms with Gasteiger partial charge in [0.2, 0.25) is 0 Å². The summed E-state index contributed by atoms with van der Waals surface area (Å²) in [7, 11) is 3.89. The van der Waals surface area contributed by atoms with Crippen LogP contribution in [0.3, 0.4) is 0 Å². The summed E-state index contributed by atoms with van der Waals surface area (Å²) in [5.74, 6) is 0. The topological polar surface area (TPSA) is 12.0 Å². The molecule has 0 aromatic carbocycles. The Morgan fingerprint density at radius 1 is 1.22 bits per heavy atom. The molecule has 2 rings (SSSR count). The lowest BCUT2D eigenvalue weighted by Crippen LogP contribution is -2.24. The van der Waals surface area contributed by atoms with Gasteiger partial charge in [0.15, 0.2) is 0 Å². The predicted octanol–water partition coefficient (Wildman–Crippen LogP) is 2.20. The molecule has 1 N–H and O–H groups in total. The second-order valence-corrected chi connectivity index (χ2v) is 5.37. The molecule has 9 heavy (non-hydrogen) atoms. The van der Waals surface area contributed by atoms with Crippen LogP contribution in [0, 0.1) is 0 Å². The zero-order valence-corrected chi connectivity index (χ0v) is 6.99. The molecule has 1 aliphatic heterocycles. The van der Waals surface area contributed by atoms with Gasteiger partial charge in [0, 0.05) is 11.3 Å². The first-order valence-electron chi connectivity index (χ1n) is 3.49. The van der Waals surface area contributed by atoms with Crippen molar-refractivity contribution in [2.75, 3.05) is 6.54 Å². The molecule has 1 aliphatic carbocycles. The Morgan fingerprint density at radius 2 is 2.00 bits per heavy atom. The van der Waals surface area contributed by atoms with Crippen molar-refractivity contribution in [1.29, 1.82) is 0 Å². The molecule has 1 heterocycles. The zero-order chi connectivity index (χ0) is 6.16. The molecule has 52 valence electrons. The Bertz CT molecular complexity index is 86.1. The Morgan fingerprint density at radius 3 is 2.56 bits per heavy atom. The summed E-state index contributed by atoms with van der Waals surface area (Å²) in [4.78, 5) is 0. The molecule has 2 fully saturated rings. The highest BCUT2D eigenvalue weighted by Gasteiger charge is 2.38. The molecule has 0 unspecified atom stereocenters. The summed E-state index contributed by atoms with van der Waals surface area (Å²) in [6.45, 7) is 1.24. The third-order valence-electron chi connectivity index (χ3n) is 2.19. The van der Waals surface area contributed by atoms with Crippen LogP contribution in [0.1, 0.15) is 25.7 Å². The Balaban J connectivity index is 2.04. The van der Waals surface area contributed by atoms with Crippen LogP contribution >= 0.6 is 21.8 Å². The van der Waals surface area contributed by atoms with Crippen LogP contribution in [0.25, 0.3) is 0 Å². The fourth-order valence-electron chi connectivity index (χ4n) is 1.59. The normalized spacial score (nSPS) is 32.0. The molecular formula is C6H11NS2. The van der Waals surface area contributed by atoms with Crippen LogP contribution < -0.4 is 4.72 Å². The van der Waals surface area contributed by atoms with Gasteiger partial charge in [-0.15, -0.1) is 0 Å². The molecule has 0 amide bonds. The summed E-state index contributed by atoms with van der Waals surface area (Å²) in [5.41, 5.74) is 0. The van der Waals surface area contributed by atoms with Gasteiger partial charge >= 0.3 is 0 Å². The maximum absolute atomic E-state index is 3.33. The van der Waals surface area contributed by atoms with Gasteiger partial charge in [-0.1, -0.05) is 23.6 Å². The van der Waals surface area contributed by atoms with E-state index in [0.717, 1.165) is 0 Å². The van der Waals surface area contributed by atoms with E-state index in [2.05, 4.69) is 15.5 Å². The smallest absolute Gasteiger partial charge is 0.0409 e. The van der Waals surface area contributed by atoms with Gasteiger partial charge < -0.3 is 0 Å². The molecule has 1 nitrogen and oxygen atoms in total. The van der Waals surface area contributed by atoms with E-state index in [4.69, 9.17) is 0 Å². The fourth-order valence-corrected chi connectivity index (χ4v) is 4.40. The molecule has 2 aliphatic rings. The van der Waals surface area contributed by atoms with Gasteiger partial charge in [-0.2, -0.15) is 0 Å². The monoisotopic (exact) mass is 161 g/mol. The second kappa shape index (κ2) is 2.36. The average molecular weight is 161 g/mol. The van der Waals surface area contributed by atoms with Crippen LogP contribution in [0.4, 0.5) is 0 Å². The summed E-state index contributed by atoms with van der Waals surface area (Å²) in [6, 6.07) is 0. The largest absolute Gasteiger partial charge is 0.253 e. The highest BCUT2D eigenvalue weighted by Crippen LogP contribution is 2.49. The van der Waals surface area contributed by atoms with Crippen molar-refractivity contribution in [3.8, 4) is 0 Å². The van der Waals surface area contributed by atoms with Gasteiger partial charge in [-0.05, 0) is 23.8 Å². The van der Waals surface area contributed by atoms with Crippen LogP contribution in [0.15, 0.2) is 0 Å². The molecule has 1 saturated heterocycles. The van der Waals surface area contributed by atoms with E-state index in [9.17, 15) is 0 Å². The lowest BCUT2D eigenvalue weighted by molar-refractivity contribution is 0.614. The SMILES string of the molecule is C1CCC2(C1)CNSS2. The number of hydrogen-bond acceptors (Lipinski definition) is 3.